The molecule has 142 valence electrons. The van der Waals surface area contributed by atoms with Crippen LogP contribution < -0.4 is 20.5 Å². The van der Waals surface area contributed by atoms with E-state index in [4.69, 9.17) is 15.2 Å². The van der Waals surface area contributed by atoms with Gasteiger partial charge in [-0.25, -0.2) is 0 Å². The summed E-state index contributed by atoms with van der Waals surface area (Å²) in [6.07, 6.45) is 1.66. The third-order valence-electron chi connectivity index (χ3n) is 4.06. The number of ether oxygens (including phenoxy) is 2. The SMILES string of the molecule is COc1cc(C(C)NC(=O)[C@@H](N)CC(C)C)ccc1OCCC(C)C. The van der Waals surface area contributed by atoms with E-state index in [0.717, 1.165) is 17.7 Å². The predicted molar refractivity (Wildman–Crippen MR) is 102 cm³/mol. The van der Waals surface area contributed by atoms with Crippen LogP contribution in [0.1, 0.15) is 59.1 Å². The fraction of sp³-hybridized carbons (Fsp3) is 0.650. The van der Waals surface area contributed by atoms with Crippen molar-refractivity contribution in [2.24, 2.45) is 17.6 Å². The molecule has 0 aliphatic rings. The molecule has 1 aromatic rings. The first-order valence-corrected chi connectivity index (χ1v) is 9.11. The molecule has 0 saturated carbocycles. The Morgan fingerprint density at radius 3 is 2.36 bits per heavy atom. The molecule has 5 heteroatoms. The van der Waals surface area contributed by atoms with E-state index in [1.807, 2.05) is 25.1 Å². The van der Waals surface area contributed by atoms with Gasteiger partial charge in [0.05, 0.1) is 25.8 Å². The summed E-state index contributed by atoms with van der Waals surface area (Å²) in [6, 6.07) is 5.12. The molecule has 25 heavy (non-hydrogen) atoms. The zero-order valence-electron chi connectivity index (χ0n) is 16.5. The Kier molecular flexibility index (Phi) is 8.76. The fourth-order valence-corrected chi connectivity index (χ4v) is 2.50. The van der Waals surface area contributed by atoms with Crippen molar-refractivity contribution in [2.45, 2.75) is 59.5 Å². The number of methoxy groups -OCH3 is 1. The second-order valence-corrected chi connectivity index (χ2v) is 7.41. The molecule has 0 fully saturated rings. The Morgan fingerprint density at radius 1 is 1.12 bits per heavy atom. The highest BCUT2D eigenvalue weighted by atomic mass is 16.5. The molecular weight excluding hydrogens is 316 g/mol. The molecule has 1 aromatic carbocycles. The van der Waals surface area contributed by atoms with Crippen LogP contribution in [0, 0.1) is 11.8 Å². The van der Waals surface area contributed by atoms with Crippen LogP contribution in [0.25, 0.3) is 0 Å². The number of hydrogen-bond donors (Lipinski definition) is 2. The van der Waals surface area contributed by atoms with Gasteiger partial charge in [0, 0.05) is 0 Å². The summed E-state index contributed by atoms with van der Waals surface area (Å²) in [4.78, 5) is 12.2. The summed E-state index contributed by atoms with van der Waals surface area (Å²) in [6.45, 7) is 11.0. The molecule has 2 atom stereocenters. The van der Waals surface area contributed by atoms with Crippen LogP contribution in [-0.2, 0) is 4.79 Å². The summed E-state index contributed by atoms with van der Waals surface area (Å²) >= 11 is 0. The Balaban J connectivity index is 2.72. The van der Waals surface area contributed by atoms with Gasteiger partial charge in [0.25, 0.3) is 0 Å². The highest BCUT2D eigenvalue weighted by molar-refractivity contribution is 5.81. The van der Waals surface area contributed by atoms with Crippen molar-refractivity contribution < 1.29 is 14.3 Å². The average Bonchev–Trinajstić information content (AvgIpc) is 2.53. The Labute approximate surface area is 152 Å². The molecule has 0 aliphatic heterocycles. The molecule has 0 aromatic heterocycles. The normalized spacial score (nSPS) is 13.6. The lowest BCUT2D eigenvalue weighted by Gasteiger charge is -2.20. The van der Waals surface area contributed by atoms with Crippen molar-refractivity contribution in [1.82, 2.24) is 5.32 Å². The highest BCUT2D eigenvalue weighted by Crippen LogP contribution is 2.30. The molecule has 5 nitrogen and oxygen atoms in total. The molecule has 1 unspecified atom stereocenters. The summed E-state index contributed by atoms with van der Waals surface area (Å²) < 4.78 is 11.2. The number of rotatable bonds is 10. The third kappa shape index (κ3) is 7.34. The van der Waals surface area contributed by atoms with Gasteiger partial charge in [-0.1, -0.05) is 33.8 Å². The molecular formula is C20H34N2O3. The first-order chi connectivity index (χ1) is 11.7. The Bertz CT molecular complexity index is 544. The molecule has 0 bridgehead atoms. The quantitative estimate of drug-likeness (QED) is 0.675. The van der Waals surface area contributed by atoms with E-state index in [9.17, 15) is 4.79 Å². The summed E-state index contributed by atoms with van der Waals surface area (Å²) in [7, 11) is 1.62. The van der Waals surface area contributed by atoms with Gasteiger partial charge in [0.1, 0.15) is 0 Å². The lowest BCUT2D eigenvalue weighted by molar-refractivity contribution is -0.123. The second-order valence-electron chi connectivity index (χ2n) is 7.41. The number of nitrogens with one attached hydrogen (secondary N) is 1. The van der Waals surface area contributed by atoms with Crippen LogP contribution in [0.5, 0.6) is 11.5 Å². The van der Waals surface area contributed by atoms with Crippen molar-refractivity contribution in [3.05, 3.63) is 23.8 Å². The van der Waals surface area contributed by atoms with Gasteiger partial charge in [-0.2, -0.15) is 0 Å². The van der Waals surface area contributed by atoms with Crippen LogP contribution in [0.3, 0.4) is 0 Å². The number of amides is 1. The van der Waals surface area contributed by atoms with E-state index in [-0.39, 0.29) is 11.9 Å². The molecule has 0 saturated heterocycles. The second kappa shape index (κ2) is 10.3. The van der Waals surface area contributed by atoms with Crippen molar-refractivity contribution in [3.8, 4) is 11.5 Å². The van der Waals surface area contributed by atoms with Crippen molar-refractivity contribution in [1.29, 1.82) is 0 Å². The zero-order valence-corrected chi connectivity index (χ0v) is 16.5. The van der Waals surface area contributed by atoms with E-state index in [0.29, 0.717) is 30.6 Å². The van der Waals surface area contributed by atoms with Crippen molar-refractivity contribution in [3.63, 3.8) is 0 Å². The average molecular weight is 351 g/mol. The Hall–Kier alpha value is -1.75. The minimum absolute atomic E-state index is 0.127. The van der Waals surface area contributed by atoms with Crippen LogP contribution in [0.4, 0.5) is 0 Å². The monoisotopic (exact) mass is 350 g/mol. The number of carbonyl (C=O) groups excluding carboxylic acids is 1. The van der Waals surface area contributed by atoms with Gasteiger partial charge in [-0.05, 0) is 49.3 Å². The molecule has 0 heterocycles. The molecule has 3 N–H and O–H groups in total. The van der Waals surface area contributed by atoms with Gasteiger partial charge in [-0.15, -0.1) is 0 Å². The van der Waals surface area contributed by atoms with E-state index in [1.54, 1.807) is 7.11 Å². The van der Waals surface area contributed by atoms with Crippen LogP contribution in [0.2, 0.25) is 0 Å². The minimum atomic E-state index is -0.483. The smallest absolute Gasteiger partial charge is 0.237 e. The van der Waals surface area contributed by atoms with Crippen LogP contribution in [0.15, 0.2) is 18.2 Å². The first kappa shape index (κ1) is 21.3. The standard InChI is InChI=1S/C20H34N2O3/c1-13(2)9-10-25-18-8-7-16(12-19(18)24-6)15(5)22-20(23)17(21)11-14(3)4/h7-8,12-15,17H,9-11,21H2,1-6H3,(H,22,23)/t15?,17-/m0/s1. The van der Waals surface area contributed by atoms with Gasteiger partial charge in [0.2, 0.25) is 5.91 Å². The van der Waals surface area contributed by atoms with E-state index in [2.05, 4.69) is 33.0 Å². The molecule has 1 amide bonds. The van der Waals surface area contributed by atoms with Gasteiger partial charge in [-0.3, -0.25) is 4.79 Å². The van der Waals surface area contributed by atoms with Gasteiger partial charge in [0.15, 0.2) is 11.5 Å². The summed E-state index contributed by atoms with van der Waals surface area (Å²) in [5.41, 5.74) is 6.90. The summed E-state index contributed by atoms with van der Waals surface area (Å²) in [5, 5.41) is 2.97. The predicted octanol–water partition coefficient (Wildman–Crippen LogP) is 3.67. The number of nitrogens with two attached hydrogens (primary N) is 1. The van der Waals surface area contributed by atoms with Gasteiger partial charge < -0.3 is 20.5 Å². The van der Waals surface area contributed by atoms with E-state index < -0.39 is 6.04 Å². The molecule has 1 rings (SSSR count). The maximum Gasteiger partial charge on any atom is 0.237 e. The first-order valence-electron chi connectivity index (χ1n) is 9.11. The van der Waals surface area contributed by atoms with Crippen molar-refractivity contribution >= 4 is 5.91 Å². The number of hydrogen-bond acceptors (Lipinski definition) is 4. The number of carbonyl (C=O) groups is 1. The molecule has 0 spiro atoms. The third-order valence-corrected chi connectivity index (χ3v) is 4.06. The van der Waals surface area contributed by atoms with Crippen molar-refractivity contribution in [2.75, 3.05) is 13.7 Å². The van der Waals surface area contributed by atoms with E-state index in [1.165, 1.54) is 0 Å². The summed E-state index contributed by atoms with van der Waals surface area (Å²) in [5.74, 6) is 2.25. The fourth-order valence-electron chi connectivity index (χ4n) is 2.50. The Morgan fingerprint density at radius 2 is 1.80 bits per heavy atom. The number of benzene rings is 1. The maximum atomic E-state index is 12.2. The van der Waals surface area contributed by atoms with Gasteiger partial charge >= 0.3 is 0 Å². The van der Waals surface area contributed by atoms with Crippen LogP contribution >= 0.6 is 0 Å². The molecule has 0 aliphatic carbocycles. The topological polar surface area (TPSA) is 73.6 Å². The largest absolute Gasteiger partial charge is 0.493 e. The van der Waals surface area contributed by atoms with E-state index >= 15 is 0 Å². The lowest BCUT2D eigenvalue weighted by Crippen LogP contribution is -2.42. The minimum Gasteiger partial charge on any atom is -0.493 e. The van der Waals surface area contributed by atoms with Crippen LogP contribution in [-0.4, -0.2) is 25.7 Å². The lowest BCUT2D eigenvalue weighted by atomic mass is 10.0. The maximum absolute atomic E-state index is 12.2. The molecule has 0 radical (unpaired) electrons. The highest BCUT2D eigenvalue weighted by Gasteiger charge is 2.18. The zero-order chi connectivity index (χ0) is 19.0.